The summed E-state index contributed by atoms with van der Waals surface area (Å²) in [5, 5.41) is 4.62. The summed E-state index contributed by atoms with van der Waals surface area (Å²) in [7, 11) is 2.01. The van der Waals surface area contributed by atoms with E-state index >= 15 is 0 Å². The van der Waals surface area contributed by atoms with Gasteiger partial charge in [-0.2, -0.15) is 5.10 Å². The average molecular weight is 227 g/mol. The van der Waals surface area contributed by atoms with E-state index in [4.69, 9.17) is 5.73 Å². The van der Waals surface area contributed by atoms with Gasteiger partial charge in [-0.25, -0.2) is 0 Å². The lowest BCUT2D eigenvalue weighted by atomic mass is 10.0. The number of hydrogen-bond donors (Lipinski definition) is 1. The number of fused-ring (bicyclic) bond motifs is 1. The summed E-state index contributed by atoms with van der Waals surface area (Å²) in [4.78, 5) is 0. The molecule has 2 N–H and O–H groups in total. The highest BCUT2D eigenvalue weighted by atomic mass is 15.3. The number of rotatable bonds is 1. The summed E-state index contributed by atoms with van der Waals surface area (Å²) >= 11 is 0. The molecule has 1 aliphatic carbocycles. The van der Waals surface area contributed by atoms with Crippen LogP contribution in [0.5, 0.6) is 0 Å². The maximum absolute atomic E-state index is 6.17. The molecule has 17 heavy (non-hydrogen) atoms. The van der Waals surface area contributed by atoms with Gasteiger partial charge < -0.3 is 5.73 Å². The molecule has 0 saturated carbocycles. The van der Waals surface area contributed by atoms with Crippen LogP contribution in [-0.2, 0) is 13.5 Å². The summed E-state index contributed by atoms with van der Waals surface area (Å²) in [5.74, 6) is 0. The minimum absolute atomic E-state index is 0.148. The van der Waals surface area contributed by atoms with Crippen molar-refractivity contribution in [1.29, 1.82) is 0 Å². The van der Waals surface area contributed by atoms with Crippen LogP contribution in [0.25, 0.3) is 11.3 Å². The Balaban J connectivity index is 2.16. The van der Waals surface area contributed by atoms with Crippen molar-refractivity contribution < 1.29 is 0 Å². The monoisotopic (exact) mass is 227 g/mol. The van der Waals surface area contributed by atoms with E-state index in [0.717, 1.165) is 18.5 Å². The molecule has 3 nitrogen and oxygen atoms in total. The van der Waals surface area contributed by atoms with Crippen LogP contribution in [0.3, 0.4) is 0 Å². The highest BCUT2D eigenvalue weighted by Crippen LogP contribution is 2.36. The van der Waals surface area contributed by atoms with Crippen molar-refractivity contribution in [2.45, 2.75) is 25.8 Å². The molecule has 0 fully saturated rings. The first-order chi connectivity index (χ1) is 8.16. The summed E-state index contributed by atoms with van der Waals surface area (Å²) < 4.78 is 1.98. The molecular formula is C14H17N3. The summed E-state index contributed by atoms with van der Waals surface area (Å²) in [5.41, 5.74) is 12.2. The molecule has 88 valence electrons. The first-order valence-corrected chi connectivity index (χ1v) is 6.05. The second-order valence-electron chi connectivity index (χ2n) is 4.84. The van der Waals surface area contributed by atoms with Crippen molar-refractivity contribution in [3.05, 3.63) is 41.1 Å². The third-order valence-corrected chi connectivity index (χ3v) is 3.59. The van der Waals surface area contributed by atoms with Crippen LogP contribution in [0.4, 0.5) is 0 Å². The molecule has 0 spiro atoms. The van der Waals surface area contributed by atoms with Crippen molar-refractivity contribution >= 4 is 0 Å². The molecule has 0 saturated heterocycles. The van der Waals surface area contributed by atoms with Gasteiger partial charge in [-0.15, -0.1) is 0 Å². The van der Waals surface area contributed by atoms with Gasteiger partial charge in [-0.3, -0.25) is 4.68 Å². The van der Waals surface area contributed by atoms with E-state index in [2.05, 4.69) is 36.3 Å². The Labute approximate surface area is 101 Å². The molecule has 1 heterocycles. The van der Waals surface area contributed by atoms with Crippen molar-refractivity contribution in [1.82, 2.24) is 9.78 Å². The van der Waals surface area contributed by atoms with E-state index < -0.39 is 0 Å². The fourth-order valence-corrected chi connectivity index (χ4v) is 2.62. The number of aromatic nitrogens is 2. The summed E-state index contributed by atoms with van der Waals surface area (Å²) in [6.45, 7) is 2.10. The van der Waals surface area contributed by atoms with Gasteiger partial charge in [-0.05, 0) is 19.8 Å². The molecule has 0 bridgehead atoms. The Bertz CT molecular complexity index is 552. The number of nitrogens with two attached hydrogens (primary N) is 1. The van der Waals surface area contributed by atoms with E-state index in [1.54, 1.807) is 0 Å². The van der Waals surface area contributed by atoms with Crippen molar-refractivity contribution in [2.24, 2.45) is 12.8 Å². The Hall–Kier alpha value is -1.61. The topological polar surface area (TPSA) is 43.8 Å². The Morgan fingerprint density at radius 2 is 2.00 bits per heavy atom. The van der Waals surface area contributed by atoms with Crippen LogP contribution in [-0.4, -0.2) is 9.78 Å². The van der Waals surface area contributed by atoms with Gasteiger partial charge in [0.05, 0.1) is 5.69 Å². The molecule has 3 heteroatoms. The summed E-state index contributed by atoms with van der Waals surface area (Å²) in [6, 6.07) is 8.65. The molecule has 3 rings (SSSR count). The molecule has 0 radical (unpaired) electrons. The highest BCUT2D eigenvalue weighted by Gasteiger charge is 2.27. The Morgan fingerprint density at radius 1 is 1.29 bits per heavy atom. The summed E-state index contributed by atoms with van der Waals surface area (Å²) in [6.07, 6.45) is 2.09. The van der Waals surface area contributed by atoms with Crippen molar-refractivity contribution in [3.63, 3.8) is 0 Å². The Morgan fingerprint density at radius 3 is 2.71 bits per heavy atom. The zero-order valence-electron chi connectivity index (χ0n) is 10.3. The first-order valence-electron chi connectivity index (χ1n) is 6.05. The third-order valence-electron chi connectivity index (χ3n) is 3.59. The zero-order valence-corrected chi connectivity index (χ0v) is 10.3. The molecular weight excluding hydrogens is 210 g/mol. The number of hydrogen-bond acceptors (Lipinski definition) is 2. The normalized spacial score (nSPS) is 18.4. The lowest BCUT2D eigenvalue weighted by molar-refractivity contribution is 0.672. The molecule has 1 aromatic heterocycles. The van der Waals surface area contributed by atoms with Crippen LogP contribution in [0, 0.1) is 6.92 Å². The molecule has 0 amide bonds. The largest absolute Gasteiger partial charge is 0.324 e. The highest BCUT2D eigenvalue weighted by molar-refractivity contribution is 5.66. The van der Waals surface area contributed by atoms with Crippen LogP contribution in [0.2, 0.25) is 0 Å². The second-order valence-corrected chi connectivity index (χ2v) is 4.84. The van der Waals surface area contributed by atoms with Gasteiger partial charge in [0.2, 0.25) is 0 Å². The van der Waals surface area contributed by atoms with Crippen LogP contribution >= 0.6 is 0 Å². The van der Waals surface area contributed by atoms with Crippen LogP contribution < -0.4 is 5.73 Å². The maximum atomic E-state index is 6.17. The third kappa shape index (κ3) is 1.58. The number of nitrogens with zero attached hydrogens (tertiary/aromatic N) is 2. The molecule has 2 aromatic rings. The SMILES string of the molecule is Cc1ccc(-c2nn(C)c3c2C(N)CC3)cc1. The molecule has 1 unspecified atom stereocenters. The van der Waals surface area contributed by atoms with Crippen LogP contribution in [0.1, 0.15) is 29.3 Å². The van der Waals surface area contributed by atoms with Crippen molar-refractivity contribution in [2.75, 3.05) is 0 Å². The second kappa shape index (κ2) is 3.70. The molecule has 1 atom stereocenters. The minimum Gasteiger partial charge on any atom is -0.324 e. The first kappa shape index (κ1) is 10.5. The predicted octanol–water partition coefficient (Wildman–Crippen LogP) is 2.34. The smallest absolute Gasteiger partial charge is 0.0973 e. The fourth-order valence-electron chi connectivity index (χ4n) is 2.62. The van der Waals surface area contributed by atoms with Gasteiger partial charge in [-0.1, -0.05) is 29.8 Å². The van der Waals surface area contributed by atoms with E-state index in [1.807, 2.05) is 11.7 Å². The number of aryl methyl sites for hydroxylation is 2. The minimum atomic E-state index is 0.148. The lowest BCUT2D eigenvalue weighted by Crippen LogP contribution is -2.06. The van der Waals surface area contributed by atoms with E-state index in [9.17, 15) is 0 Å². The van der Waals surface area contributed by atoms with Crippen LogP contribution in [0.15, 0.2) is 24.3 Å². The zero-order chi connectivity index (χ0) is 12.0. The lowest BCUT2D eigenvalue weighted by Gasteiger charge is -2.05. The van der Waals surface area contributed by atoms with Crippen molar-refractivity contribution in [3.8, 4) is 11.3 Å². The number of benzene rings is 1. The standard InChI is InChI=1S/C14H17N3/c1-9-3-5-10(6-4-9)14-13-11(15)7-8-12(13)17(2)16-14/h3-6,11H,7-8,15H2,1-2H3. The van der Waals surface area contributed by atoms with Gasteiger partial charge in [0.25, 0.3) is 0 Å². The van der Waals surface area contributed by atoms with E-state index in [0.29, 0.717) is 0 Å². The molecule has 1 aliphatic rings. The fraction of sp³-hybridized carbons (Fsp3) is 0.357. The van der Waals surface area contributed by atoms with E-state index in [1.165, 1.54) is 22.4 Å². The van der Waals surface area contributed by atoms with Gasteiger partial charge >= 0.3 is 0 Å². The maximum Gasteiger partial charge on any atom is 0.0973 e. The predicted molar refractivity (Wildman–Crippen MR) is 68.6 cm³/mol. The Kier molecular flexibility index (Phi) is 2.30. The average Bonchev–Trinajstić information content (AvgIpc) is 2.83. The van der Waals surface area contributed by atoms with Gasteiger partial charge in [0, 0.05) is 29.9 Å². The molecule has 0 aliphatic heterocycles. The van der Waals surface area contributed by atoms with Gasteiger partial charge in [0.1, 0.15) is 0 Å². The van der Waals surface area contributed by atoms with E-state index in [-0.39, 0.29) is 6.04 Å². The quantitative estimate of drug-likeness (QED) is 0.812. The molecule has 1 aromatic carbocycles. The van der Waals surface area contributed by atoms with Gasteiger partial charge in [0.15, 0.2) is 0 Å².